The predicted octanol–water partition coefficient (Wildman–Crippen LogP) is 2.98. The van der Waals surface area contributed by atoms with Gasteiger partial charge in [-0.2, -0.15) is 0 Å². The molecule has 0 aromatic heterocycles. The van der Waals surface area contributed by atoms with Crippen LogP contribution in [0.2, 0.25) is 0 Å². The lowest BCUT2D eigenvalue weighted by atomic mass is 9.89. The van der Waals surface area contributed by atoms with Gasteiger partial charge in [0.25, 0.3) is 0 Å². The number of esters is 1. The van der Waals surface area contributed by atoms with E-state index in [0.29, 0.717) is 12.3 Å². The van der Waals surface area contributed by atoms with Gasteiger partial charge in [0.15, 0.2) is 0 Å². The molecule has 0 aliphatic rings. The number of carbonyl (C=O) groups is 1. The second kappa shape index (κ2) is 8.45. The van der Waals surface area contributed by atoms with Crippen molar-refractivity contribution >= 4 is 17.6 Å². The van der Waals surface area contributed by atoms with E-state index in [4.69, 9.17) is 21.1 Å². The number of carbonyl (C=O) groups excluding carboxylic acids is 1. The van der Waals surface area contributed by atoms with Gasteiger partial charge in [0, 0.05) is 5.88 Å². The summed E-state index contributed by atoms with van der Waals surface area (Å²) in [6, 6.07) is 0. The van der Waals surface area contributed by atoms with Crippen LogP contribution in [-0.4, -0.2) is 25.1 Å². The SMILES string of the molecule is C=CO[C@@H](C(C)C)[C@@H](CCCCl)C(=O)OC. The Morgan fingerprint density at radius 3 is 2.50 bits per heavy atom. The first-order chi connectivity index (χ1) is 7.58. The van der Waals surface area contributed by atoms with Gasteiger partial charge < -0.3 is 9.47 Å². The number of alkyl halides is 1. The van der Waals surface area contributed by atoms with Crippen LogP contribution in [-0.2, 0) is 14.3 Å². The molecule has 0 aliphatic carbocycles. The summed E-state index contributed by atoms with van der Waals surface area (Å²) in [6.07, 6.45) is 2.62. The van der Waals surface area contributed by atoms with Crippen molar-refractivity contribution in [3.8, 4) is 0 Å². The monoisotopic (exact) mass is 248 g/mol. The first-order valence-electron chi connectivity index (χ1n) is 5.48. The Bertz CT molecular complexity index is 216. The Morgan fingerprint density at radius 2 is 2.12 bits per heavy atom. The van der Waals surface area contributed by atoms with Gasteiger partial charge in [-0.05, 0) is 18.8 Å². The molecule has 2 atom stereocenters. The number of hydrogen-bond donors (Lipinski definition) is 0. The molecule has 0 radical (unpaired) electrons. The van der Waals surface area contributed by atoms with Crippen molar-refractivity contribution in [2.24, 2.45) is 11.8 Å². The van der Waals surface area contributed by atoms with Crippen molar-refractivity contribution in [3.05, 3.63) is 12.8 Å². The smallest absolute Gasteiger partial charge is 0.312 e. The molecule has 3 nitrogen and oxygen atoms in total. The summed E-state index contributed by atoms with van der Waals surface area (Å²) >= 11 is 5.64. The van der Waals surface area contributed by atoms with Gasteiger partial charge in [0.2, 0.25) is 0 Å². The molecule has 0 N–H and O–H groups in total. The molecule has 0 fully saturated rings. The molecular weight excluding hydrogens is 228 g/mol. The van der Waals surface area contributed by atoms with Gasteiger partial charge in [-0.25, -0.2) is 0 Å². The summed E-state index contributed by atoms with van der Waals surface area (Å²) in [4.78, 5) is 11.7. The van der Waals surface area contributed by atoms with Crippen molar-refractivity contribution in [1.29, 1.82) is 0 Å². The standard InChI is InChI=1S/C12H21ClO3/c1-5-16-11(9(2)3)10(7-6-8-13)12(14)15-4/h5,9-11H,1,6-8H2,2-4H3/t10-,11+/m1/s1. The van der Waals surface area contributed by atoms with Crippen LogP contribution in [0.25, 0.3) is 0 Å². The second-order valence-corrected chi connectivity index (χ2v) is 4.35. The third kappa shape index (κ3) is 4.88. The molecule has 0 rings (SSSR count). The summed E-state index contributed by atoms with van der Waals surface area (Å²) in [5.41, 5.74) is 0. The van der Waals surface area contributed by atoms with E-state index in [1.54, 1.807) is 0 Å². The molecule has 0 saturated carbocycles. The fraction of sp³-hybridized carbons (Fsp3) is 0.750. The average Bonchev–Trinajstić information content (AvgIpc) is 2.27. The van der Waals surface area contributed by atoms with Crippen LogP contribution < -0.4 is 0 Å². The molecule has 4 heteroatoms. The Kier molecular flexibility index (Phi) is 8.08. The van der Waals surface area contributed by atoms with Crippen LogP contribution >= 0.6 is 11.6 Å². The lowest BCUT2D eigenvalue weighted by Gasteiger charge is -2.27. The average molecular weight is 249 g/mol. The molecule has 0 aliphatic heterocycles. The highest BCUT2D eigenvalue weighted by Gasteiger charge is 2.31. The molecule has 16 heavy (non-hydrogen) atoms. The molecule has 0 spiro atoms. The zero-order chi connectivity index (χ0) is 12.6. The Labute approximate surface area is 103 Å². The van der Waals surface area contributed by atoms with E-state index in [9.17, 15) is 4.79 Å². The maximum Gasteiger partial charge on any atom is 0.312 e. The van der Waals surface area contributed by atoms with Crippen LogP contribution in [0.1, 0.15) is 26.7 Å². The molecule has 0 saturated heterocycles. The minimum absolute atomic E-state index is 0.201. The van der Waals surface area contributed by atoms with Gasteiger partial charge in [-0.15, -0.1) is 11.6 Å². The molecule has 0 heterocycles. The molecular formula is C12H21ClO3. The normalized spacial score (nSPS) is 14.3. The lowest BCUT2D eigenvalue weighted by Crippen LogP contribution is -2.34. The van der Waals surface area contributed by atoms with Gasteiger partial charge in [0.05, 0.1) is 19.3 Å². The fourth-order valence-electron chi connectivity index (χ4n) is 1.69. The molecule has 0 aromatic carbocycles. The number of rotatable bonds is 8. The number of methoxy groups -OCH3 is 1. The first-order valence-corrected chi connectivity index (χ1v) is 6.02. The Hall–Kier alpha value is -0.700. The van der Waals surface area contributed by atoms with Gasteiger partial charge in [-0.1, -0.05) is 20.4 Å². The van der Waals surface area contributed by atoms with E-state index in [0.717, 1.165) is 6.42 Å². The topological polar surface area (TPSA) is 35.5 Å². The number of hydrogen-bond acceptors (Lipinski definition) is 3. The van der Waals surface area contributed by atoms with E-state index < -0.39 is 0 Å². The summed E-state index contributed by atoms with van der Waals surface area (Å²) in [7, 11) is 1.39. The van der Waals surface area contributed by atoms with Crippen LogP contribution in [0.15, 0.2) is 12.8 Å². The summed E-state index contributed by atoms with van der Waals surface area (Å²) in [6.45, 7) is 7.54. The van der Waals surface area contributed by atoms with Crippen LogP contribution in [0.5, 0.6) is 0 Å². The quantitative estimate of drug-likeness (QED) is 0.376. The van der Waals surface area contributed by atoms with Crippen molar-refractivity contribution in [2.75, 3.05) is 13.0 Å². The van der Waals surface area contributed by atoms with Crippen molar-refractivity contribution in [1.82, 2.24) is 0 Å². The summed E-state index contributed by atoms with van der Waals surface area (Å²) < 4.78 is 10.2. The van der Waals surface area contributed by atoms with E-state index >= 15 is 0 Å². The zero-order valence-electron chi connectivity index (χ0n) is 10.2. The van der Waals surface area contributed by atoms with Crippen molar-refractivity contribution in [3.63, 3.8) is 0 Å². The van der Waals surface area contributed by atoms with E-state index in [1.807, 2.05) is 13.8 Å². The maximum absolute atomic E-state index is 11.7. The third-order valence-electron chi connectivity index (χ3n) is 2.46. The van der Waals surface area contributed by atoms with Crippen LogP contribution in [0, 0.1) is 11.8 Å². The lowest BCUT2D eigenvalue weighted by molar-refractivity contribution is -0.151. The molecule has 0 bridgehead atoms. The Balaban J connectivity index is 4.65. The van der Waals surface area contributed by atoms with Gasteiger partial charge in [-0.3, -0.25) is 4.79 Å². The van der Waals surface area contributed by atoms with Crippen LogP contribution in [0.3, 0.4) is 0 Å². The molecule has 0 aromatic rings. The van der Waals surface area contributed by atoms with Gasteiger partial charge in [0.1, 0.15) is 6.10 Å². The van der Waals surface area contributed by atoms with Gasteiger partial charge >= 0.3 is 5.97 Å². The number of halogens is 1. The molecule has 94 valence electrons. The third-order valence-corrected chi connectivity index (χ3v) is 2.73. The van der Waals surface area contributed by atoms with E-state index in [1.165, 1.54) is 13.4 Å². The highest BCUT2D eigenvalue weighted by molar-refractivity contribution is 6.17. The number of ether oxygens (including phenoxy) is 2. The summed E-state index contributed by atoms with van der Waals surface area (Å²) in [5.74, 6) is 0.233. The highest BCUT2D eigenvalue weighted by Crippen LogP contribution is 2.23. The van der Waals surface area contributed by atoms with Crippen molar-refractivity contribution < 1.29 is 14.3 Å². The largest absolute Gasteiger partial charge is 0.497 e. The van der Waals surface area contributed by atoms with E-state index in [-0.39, 0.29) is 23.9 Å². The highest BCUT2D eigenvalue weighted by atomic mass is 35.5. The predicted molar refractivity (Wildman–Crippen MR) is 65.4 cm³/mol. The van der Waals surface area contributed by atoms with Crippen LogP contribution in [0.4, 0.5) is 0 Å². The summed E-state index contributed by atoms with van der Waals surface area (Å²) in [5, 5.41) is 0. The second-order valence-electron chi connectivity index (χ2n) is 3.97. The van der Waals surface area contributed by atoms with E-state index in [2.05, 4.69) is 6.58 Å². The molecule has 0 unspecified atom stereocenters. The fourth-order valence-corrected chi connectivity index (χ4v) is 1.85. The minimum atomic E-state index is -0.276. The molecule has 0 amide bonds. The van der Waals surface area contributed by atoms with Crippen molar-refractivity contribution in [2.45, 2.75) is 32.8 Å². The first kappa shape index (κ1) is 15.3. The Morgan fingerprint density at radius 1 is 1.50 bits per heavy atom. The zero-order valence-corrected chi connectivity index (χ0v) is 11.0. The maximum atomic E-state index is 11.7. The minimum Gasteiger partial charge on any atom is -0.497 e.